The molecule has 4 fully saturated rings. The molecule has 2 saturated heterocycles. The molecule has 2 unspecified atom stereocenters. The Hall–Kier alpha value is -4.12. The topological polar surface area (TPSA) is 121 Å². The van der Waals surface area contributed by atoms with Gasteiger partial charge in [-0.3, -0.25) is 9.59 Å². The fourth-order valence-electron chi connectivity index (χ4n) is 7.96. The van der Waals surface area contributed by atoms with Crippen molar-refractivity contribution < 1.29 is 19.1 Å². The third-order valence-corrected chi connectivity index (χ3v) is 10.8. The van der Waals surface area contributed by atoms with Gasteiger partial charge < -0.3 is 34.1 Å². The minimum Gasteiger partial charge on any atom is -0.494 e. The van der Waals surface area contributed by atoms with E-state index in [2.05, 4.69) is 32.2 Å². The smallest absolute Gasteiger partial charge is 0.305 e. The lowest BCUT2D eigenvalue weighted by atomic mass is 10.1. The standard InChI is InChI=1S/C35H43N7O4/c1-4-30(43)46-24-11-13-40(14-12-24)29-10-8-21-16-27(41(33(21)38-29)18-20-5-6-20)34-37-25-15-23(17-28(45-3)32(25)39(34)2)35(44)42-19-22-7-9-26(42)31(22)36/h8,10,15-17,20,22,24,26,31H,4-7,9,11-14,18-19,36H2,1-3H3/t22?,26?,31-/m1/s1. The lowest BCUT2D eigenvalue weighted by Crippen LogP contribution is -2.41. The monoisotopic (exact) mass is 625 g/mol. The van der Waals surface area contributed by atoms with Gasteiger partial charge in [-0.15, -0.1) is 0 Å². The Balaban J connectivity index is 1.14. The van der Waals surface area contributed by atoms with E-state index < -0.39 is 0 Å². The van der Waals surface area contributed by atoms with Crippen molar-refractivity contribution in [2.45, 2.75) is 76.6 Å². The van der Waals surface area contributed by atoms with E-state index in [1.54, 1.807) is 7.11 Å². The summed E-state index contributed by atoms with van der Waals surface area (Å²) in [5.41, 5.74) is 10.6. The van der Waals surface area contributed by atoms with Gasteiger partial charge in [-0.1, -0.05) is 6.92 Å². The molecule has 4 aromatic rings. The van der Waals surface area contributed by atoms with Crippen LogP contribution in [0.2, 0.25) is 0 Å². The number of fused-ring (bicyclic) bond motifs is 4. The van der Waals surface area contributed by atoms with Crippen molar-refractivity contribution in [1.29, 1.82) is 0 Å². The molecular weight excluding hydrogens is 582 g/mol. The number of aryl methyl sites for hydroxylation is 1. The van der Waals surface area contributed by atoms with Crippen molar-refractivity contribution in [1.82, 2.24) is 24.0 Å². The zero-order valence-corrected chi connectivity index (χ0v) is 26.9. The molecule has 3 atom stereocenters. The van der Waals surface area contributed by atoms with Gasteiger partial charge in [-0.2, -0.15) is 0 Å². The van der Waals surface area contributed by atoms with Crippen LogP contribution in [0.3, 0.4) is 0 Å². The molecule has 46 heavy (non-hydrogen) atoms. The summed E-state index contributed by atoms with van der Waals surface area (Å²) in [7, 11) is 3.66. The average Bonchev–Trinajstić information content (AvgIpc) is 3.48. The second kappa shape index (κ2) is 11.3. The number of rotatable bonds is 8. The quantitative estimate of drug-likeness (QED) is 0.285. The predicted molar refractivity (Wildman–Crippen MR) is 176 cm³/mol. The first-order chi connectivity index (χ1) is 22.3. The Kier molecular flexibility index (Phi) is 7.19. The number of esters is 1. The Labute approximate surface area is 268 Å². The Morgan fingerprint density at radius 1 is 1.02 bits per heavy atom. The molecule has 0 spiro atoms. The van der Waals surface area contributed by atoms with E-state index in [1.165, 1.54) is 12.8 Å². The number of ether oxygens (including phenoxy) is 2. The molecule has 4 aliphatic rings. The van der Waals surface area contributed by atoms with Crippen molar-refractivity contribution in [3.05, 3.63) is 35.9 Å². The number of aromatic nitrogens is 4. The van der Waals surface area contributed by atoms with E-state index in [9.17, 15) is 9.59 Å². The summed E-state index contributed by atoms with van der Waals surface area (Å²) in [5, 5.41) is 1.07. The number of nitrogens with two attached hydrogens (primary N) is 1. The number of carbonyl (C=O) groups is 2. The normalized spacial score (nSPS) is 23.2. The number of piperidine rings is 2. The number of hydrogen-bond donors (Lipinski definition) is 1. The fraction of sp³-hybridized carbons (Fsp3) is 0.543. The molecule has 11 nitrogen and oxygen atoms in total. The van der Waals surface area contributed by atoms with Crippen LogP contribution in [0.15, 0.2) is 30.3 Å². The van der Waals surface area contributed by atoms with Gasteiger partial charge in [-0.05, 0) is 67.9 Å². The first-order valence-electron chi connectivity index (χ1n) is 16.9. The van der Waals surface area contributed by atoms with Crippen molar-refractivity contribution in [3.63, 3.8) is 0 Å². The third-order valence-electron chi connectivity index (χ3n) is 10.8. The van der Waals surface area contributed by atoms with Crippen LogP contribution in [0.1, 0.15) is 62.2 Å². The first-order valence-corrected chi connectivity index (χ1v) is 16.9. The number of hydrogen-bond acceptors (Lipinski definition) is 8. The highest BCUT2D eigenvalue weighted by Gasteiger charge is 2.47. The van der Waals surface area contributed by atoms with Gasteiger partial charge in [0.25, 0.3) is 5.91 Å². The number of benzene rings is 1. The molecule has 2 saturated carbocycles. The van der Waals surface area contributed by atoms with Gasteiger partial charge >= 0.3 is 5.97 Å². The van der Waals surface area contributed by atoms with Crippen LogP contribution in [0, 0.1) is 11.8 Å². The Bertz CT molecular complexity index is 1830. The van der Waals surface area contributed by atoms with Gasteiger partial charge in [0.1, 0.15) is 28.8 Å². The number of pyridine rings is 1. The minimum absolute atomic E-state index is 0.00203. The molecule has 2 N–H and O–H groups in total. The summed E-state index contributed by atoms with van der Waals surface area (Å²) < 4.78 is 15.9. The van der Waals surface area contributed by atoms with Gasteiger partial charge in [-0.25, -0.2) is 9.97 Å². The number of amides is 1. The zero-order valence-electron chi connectivity index (χ0n) is 26.9. The number of methoxy groups -OCH3 is 1. The molecule has 1 amide bonds. The SMILES string of the molecule is CCC(=O)OC1CCN(c2ccc3cc(-c4nc5cc(C(=O)N6CC7CCC6[C@@H]7N)cc(OC)c5n4C)n(CC4CC4)c3n2)CC1. The van der Waals surface area contributed by atoms with Crippen LogP contribution in [0.5, 0.6) is 5.75 Å². The van der Waals surface area contributed by atoms with Crippen LogP contribution in [0.4, 0.5) is 5.82 Å². The van der Waals surface area contributed by atoms with E-state index in [4.69, 9.17) is 25.2 Å². The van der Waals surface area contributed by atoms with E-state index in [0.29, 0.717) is 29.6 Å². The van der Waals surface area contributed by atoms with Crippen LogP contribution in [-0.2, 0) is 23.1 Å². The number of carbonyl (C=O) groups excluding carboxylic acids is 2. The zero-order chi connectivity index (χ0) is 31.7. The van der Waals surface area contributed by atoms with Crippen LogP contribution in [0.25, 0.3) is 33.6 Å². The molecule has 1 aromatic carbocycles. The number of imidazole rings is 1. The maximum absolute atomic E-state index is 13.7. The maximum Gasteiger partial charge on any atom is 0.305 e. The Morgan fingerprint density at radius 2 is 1.83 bits per heavy atom. The molecule has 2 aliphatic carbocycles. The van der Waals surface area contributed by atoms with Crippen LogP contribution >= 0.6 is 0 Å². The van der Waals surface area contributed by atoms with Crippen LogP contribution < -0.4 is 15.4 Å². The fourth-order valence-corrected chi connectivity index (χ4v) is 7.96. The van der Waals surface area contributed by atoms with E-state index in [-0.39, 0.29) is 30.1 Å². The van der Waals surface area contributed by atoms with Gasteiger partial charge in [0, 0.05) is 75.5 Å². The van der Waals surface area contributed by atoms with Gasteiger partial charge in [0.2, 0.25) is 0 Å². The van der Waals surface area contributed by atoms with E-state index >= 15 is 0 Å². The summed E-state index contributed by atoms with van der Waals surface area (Å²) in [6.45, 7) is 5.03. The molecular formula is C35H43N7O4. The molecule has 2 aliphatic heterocycles. The summed E-state index contributed by atoms with van der Waals surface area (Å²) in [5.74, 6) is 3.28. The number of nitrogens with zero attached hydrogens (tertiary/aromatic N) is 6. The van der Waals surface area contributed by atoms with Crippen molar-refractivity contribution >= 4 is 39.8 Å². The molecule has 8 rings (SSSR count). The highest BCUT2D eigenvalue weighted by atomic mass is 16.5. The molecule has 2 bridgehead atoms. The third kappa shape index (κ3) is 4.90. The molecule has 242 valence electrons. The van der Waals surface area contributed by atoms with E-state index in [1.807, 2.05) is 31.0 Å². The Morgan fingerprint density at radius 3 is 2.50 bits per heavy atom. The largest absolute Gasteiger partial charge is 0.494 e. The lowest BCUT2D eigenvalue weighted by molar-refractivity contribution is -0.149. The number of anilines is 1. The van der Waals surface area contributed by atoms with Crippen LogP contribution in [-0.4, -0.2) is 80.8 Å². The van der Waals surface area contributed by atoms with Crippen molar-refractivity contribution in [3.8, 4) is 17.3 Å². The molecule has 11 heteroatoms. The number of likely N-dealkylation sites (tertiary alicyclic amines) is 1. The highest BCUT2D eigenvalue weighted by molar-refractivity contribution is 6.00. The van der Waals surface area contributed by atoms with Gasteiger partial charge in [0.15, 0.2) is 5.82 Å². The second-order valence-corrected chi connectivity index (χ2v) is 13.7. The predicted octanol–water partition coefficient (Wildman–Crippen LogP) is 4.49. The summed E-state index contributed by atoms with van der Waals surface area (Å²) in [6, 6.07) is 10.4. The summed E-state index contributed by atoms with van der Waals surface area (Å²) >= 11 is 0. The maximum atomic E-state index is 13.7. The molecule has 5 heterocycles. The van der Waals surface area contributed by atoms with E-state index in [0.717, 1.165) is 91.3 Å². The minimum atomic E-state index is -0.131. The highest BCUT2D eigenvalue weighted by Crippen LogP contribution is 2.40. The first kappa shape index (κ1) is 29.3. The average molecular weight is 626 g/mol. The van der Waals surface area contributed by atoms with Crippen molar-refractivity contribution in [2.24, 2.45) is 24.6 Å². The lowest BCUT2D eigenvalue weighted by Gasteiger charge is -2.32. The second-order valence-electron chi connectivity index (χ2n) is 13.7. The summed E-state index contributed by atoms with van der Waals surface area (Å²) in [4.78, 5) is 40.1. The summed E-state index contributed by atoms with van der Waals surface area (Å²) in [6.07, 6.45) is 6.49. The van der Waals surface area contributed by atoms with Gasteiger partial charge in [0.05, 0.1) is 18.3 Å². The molecule has 0 radical (unpaired) electrons. The molecule has 3 aromatic heterocycles. The van der Waals surface area contributed by atoms with Crippen molar-refractivity contribution in [2.75, 3.05) is 31.6 Å².